The minimum absolute atomic E-state index is 0.195. The molecule has 0 radical (unpaired) electrons. The summed E-state index contributed by atoms with van der Waals surface area (Å²) in [5.74, 6) is -10.7. The topological polar surface area (TPSA) is 46.9 Å². The van der Waals surface area contributed by atoms with E-state index in [1.54, 1.807) is 12.1 Å². The van der Waals surface area contributed by atoms with E-state index in [0.29, 0.717) is 0 Å². The molecule has 152 valence electrons. The van der Waals surface area contributed by atoms with Crippen LogP contribution in [-0.4, -0.2) is 15.7 Å². The maximum Gasteiger partial charge on any atom is 0.257 e. The number of aromatic nitrogens is 2. The smallest absolute Gasteiger partial charge is 0.257 e. The molecule has 0 fully saturated rings. The molecule has 4 nitrogen and oxygen atoms in total. The van der Waals surface area contributed by atoms with Crippen LogP contribution in [0.3, 0.4) is 0 Å². The maximum atomic E-state index is 14.0. The first-order chi connectivity index (χ1) is 13.6. The van der Waals surface area contributed by atoms with Crippen LogP contribution in [-0.2, 0) is 6.54 Å². The minimum Gasteiger partial charge on any atom is -0.319 e. The van der Waals surface area contributed by atoms with Crippen molar-refractivity contribution in [2.75, 3.05) is 5.32 Å². The van der Waals surface area contributed by atoms with Crippen LogP contribution < -0.4 is 5.32 Å². The van der Waals surface area contributed by atoms with Gasteiger partial charge in [-0.15, -0.1) is 0 Å². The molecule has 3 aromatic rings. The first kappa shape index (κ1) is 20.8. The van der Waals surface area contributed by atoms with Gasteiger partial charge >= 0.3 is 0 Å². The number of amides is 1. The van der Waals surface area contributed by atoms with E-state index >= 15 is 0 Å². The molecule has 0 unspecified atom stereocenters. The predicted octanol–water partition coefficient (Wildman–Crippen LogP) is 5.15. The fourth-order valence-corrected chi connectivity index (χ4v) is 3.02. The quantitative estimate of drug-likeness (QED) is 0.354. The third kappa shape index (κ3) is 3.69. The summed E-state index contributed by atoms with van der Waals surface area (Å²) in [5, 5.41) is 6.85. The van der Waals surface area contributed by atoms with Crippen molar-refractivity contribution < 1.29 is 26.7 Å². The zero-order valence-electron chi connectivity index (χ0n) is 15.1. The second-order valence-electron chi connectivity index (χ2n) is 6.19. The number of nitrogens with one attached hydrogen (secondary N) is 1. The first-order valence-corrected chi connectivity index (χ1v) is 8.61. The van der Waals surface area contributed by atoms with Crippen molar-refractivity contribution in [3.05, 3.63) is 80.9 Å². The van der Waals surface area contributed by atoms with Crippen molar-refractivity contribution in [3.63, 3.8) is 0 Å². The lowest BCUT2D eigenvalue weighted by Crippen LogP contribution is -2.15. The zero-order chi connectivity index (χ0) is 21.5. The fourth-order valence-electron chi connectivity index (χ4n) is 2.80. The van der Waals surface area contributed by atoms with Gasteiger partial charge in [-0.2, -0.15) is 5.10 Å². The minimum atomic E-state index is -2.23. The van der Waals surface area contributed by atoms with Crippen LogP contribution >= 0.6 is 11.6 Å². The summed E-state index contributed by atoms with van der Waals surface area (Å²) in [6.45, 7) is 2.28. The SMILES string of the molecule is Cc1nn(Cc2c(F)c(F)c(F)c(F)c2F)c(C)c1NC(=O)c1ccccc1Cl. The van der Waals surface area contributed by atoms with Crippen molar-refractivity contribution in [2.45, 2.75) is 20.4 Å². The summed E-state index contributed by atoms with van der Waals surface area (Å²) in [6.07, 6.45) is 0. The van der Waals surface area contributed by atoms with Crippen LogP contribution in [0.1, 0.15) is 27.3 Å². The van der Waals surface area contributed by atoms with Crippen LogP contribution in [0.25, 0.3) is 0 Å². The normalized spacial score (nSPS) is 11.0. The Balaban J connectivity index is 1.95. The van der Waals surface area contributed by atoms with Gasteiger partial charge in [0, 0.05) is 0 Å². The van der Waals surface area contributed by atoms with E-state index in [2.05, 4.69) is 10.4 Å². The average Bonchev–Trinajstić information content (AvgIpc) is 2.95. The van der Waals surface area contributed by atoms with Gasteiger partial charge < -0.3 is 5.32 Å². The molecule has 0 bridgehead atoms. The Morgan fingerprint density at radius 3 is 2.14 bits per heavy atom. The van der Waals surface area contributed by atoms with E-state index in [-0.39, 0.29) is 27.7 Å². The lowest BCUT2D eigenvalue weighted by atomic mass is 10.1. The molecule has 0 aliphatic rings. The fraction of sp³-hybridized carbons (Fsp3) is 0.158. The molecule has 10 heteroatoms. The second-order valence-corrected chi connectivity index (χ2v) is 6.59. The van der Waals surface area contributed by atoms with Crippen LogP contribution in [0.2, 0.25) is 5.02 Å². The molecule has 0 aliphatic heterocycles. The molecule has 0 aliphatic carbocycles. The number of carbonyl (C=O) groups excluding carboxylic acids is 1. The number of hydrogen-bond acceptors (Lipinski definition) is 2. The van der Waals surface area contributed by atoms with E-state index in [0.717, 1.165) is 4.68 Å². The maximum absolute atomic E-state index is 14.0. The third-order valence-electron chi connectivity index (χ3n) is 4.35. The number of rotatable bonds is 4. The average molecular weight is 430 g/mol. The molecule has 0 saturated carbocycles. The molecule has 29 heavy (non-hydrogen) atoms. The Morgan fingerprint density at radius 2 is 1.55 bits per heavy atom. The number of halogens is 6. The van der Waals surface area contributed by atoms with Gasteiger partial charge in [-0.3, -0.25) is 9.48 Å². The summed E-state index contributed by atoms with van der Waals surface area (Å²) in [6, 6.07) is 6.30. The summed E-state index contributed by atoms with van der Waals surface area (Å²) in [4.78, 5) is 12.4. The van der Waals surface area contributed by atoms with Gasteiger partial charge in [-0.05, 0) is 26.0 Å². The molecule has 0 saturated heterocycles. The van der Waals surface area contributed by atoms with Gasteiger partial charge in [0.05, 0.1) is 39.8 Å². The molecule has 1 aromatic heterocycles. The number of aryl methyl sites for hydroxylation is 1. The highest BCUT2D eigenvalue weighted by atomic mass is 35.5. The molecule has 2 aromatic carbocycles. The molecule has 1 amide bonds. The van der Waals surface area contributed by atoms with Crippen molar-refractivity contribution in [3.8, 4) is 0 Å². The van der Waals surface area contributed by atoms with Gasteiger partial charge in [0.1, 0.15) is 0 Å². The van der Waals surface area contributed by atoms with Crippen LogP contribution in [0.15, 0.2) is 24.3 Å². The summed E-state index contributed by atoms with van der Waals surface area (Å²) in [5.41, 5.74) is -0.0612. The Morgan fingerprint density at radius 1 is 1.00 bits per heavy atom. The Kier molecular flexibility index (Phi) is 5.61. The molecular weight excluding hydrogens is 417 g/mol. The predicted molar refractivity (Wildman–Crippen MR) is 96.4 cm³/mol. The van der Waals surface area contributed by atoms with E-state index in [1.165, 1.54) is 26.0 Å². The monoisotopic (exact) mass is 429 g/mol. The summed E-state index contributed by atoms with van der Waals surface area (Å²) in [7, 11) is 0. The number of nitrogens with zero attached hydrogens (tertiary/aromatic N) is 2. The highest BCUT2D eigenvalue weighted by Gasteiger charge is 2.27. The van der Waals surface area contributed by atoms with Crippen molar-refractivity contribution in [1.82, 2.24) is 9.78 Å². The van der Waals surface area contributed by atoms with Crippen LogP contribution in [0.4, 0.5) is 27.6 Å². The van der Waals surface area contributed by atoms with Crippen LogP contribution in [0, 0.1) is 42.9 Å². The molecule has 1 N–H and O–H groups in total. The van der Waals surface area contributed by atoms with Gasteiger partial charge in [-0.1, -0.05) is 23.7 Å². The highest BCUT2D eigenvalue weighted by molar-refractivity contribution is 6.34. The van der Waals surface area contributed by atoms with Gasteiger partial charge in [0.2, 0.25) is 5.82 Å². The van der Waals surface area contributed by atoms with E-state index in [9.17, 15) is 26.7 Å². The van der Waals surface area contributed by atoms with E-state index in [1.807, 2.05) is 0 Å². The number of anilines is 1. The summed E-state index contributed by atoms with van der Waals surface area (Å²) >= 11 is 5.99. The molecule has 0 spiro atoms. The number of hydrogen-bond donors (Lipinski definition) is 1. The highest BCUT2D eigenvalue weighted by Crippen LogP contribution is 2.27. The molecule has 1 heterocycles. The molecular formula is C19H13ClF5N3O. The Labute approximate surface area is 166 Å². The second kappa shape index (κ2) is 7.82. The van der Waals surface area contributed by atoms with Gasteiger partial charge in [0.25, 0.3) is 5.91 Å². The molecule has 3 rings (SSSR count). The lowest BCUT2D eigenvalue weighted by Gasteiger charge is -2.10. The van der Waals surface area contributed by atoms with Crippen molar-refractivity contribution >= 4 is 23.2 Å². The zero-order valence-corrected chi connectivity index (χ0v) is 15.8. The first-order valence-electron chi connectivity index (χ1n) is 8.23. The number of benzene rings is 2. The van der Waals surface area contributed by atoms with Gasteiger partial charge in [-0.25, -0.2) is 22.0 Å². The van der Waals surface area contributed by atoms with Crippen LogP contribution in [0.5, 0.6) is 0 Å². The Bertz CT molecular complexity index is 1100. The van der Waals surface area contributed by atoms with E-state index in [4.69, 9.17) is 11.6 Å². The Hall–Kier alpha value is -2.94. The summed E-state index contributed by atoms with van der Waals surface area (Å²) < 4.78 is 69.0. The van der Waals surface area contributed by atoms with Crippen molar-refractivity contribution in [2.24, 2.45) is 0 Å². The number of carbonyl (C=O) groups is 1. The van der Waals surface area contributed by atoms with E-state index < -0.39 is 47.1 Å². The largest absolute Gasteiger partial charge is 0.319 e. The van der Waals surface area contributed by atoms with Crippen molar-refractivity contribution in [1.29, 1.82) is 0 Å². The van der Waals surface area contributed by atoms with Gasteiger partial charge in [0.15, 0.2) is 23.3 Å². The lowest BCUT2D eigenvalue weighted by molar-refractivity contribution is 0.102. The standard InChI is InChI=1S/C19H13ClF5N3O/c1-8-18(26-19(29)10-5-3-4-6-12(10)20)9(2)28(27-8)7-11-13(21)15(23)17(25)16(24)14(11)22/h3-6H,7H2,1-2H3,(H,26,29). The third-order valence-corrected chi connectivity index (χ3v) is 4.68. The molecule has 0 atom stereocenters.